The summed E-state index contributed by atoms with van der Waals surface area (Å²) in [6, 6.07) is 11.1. The Morgan fingerprint density at radius 2 is 1.77 bits per heavy atom. The highest BCUT2D eigenvalue weighted by Gasteiger charge is 2.33. The van der Waals surface area contributed by atoms with Gasteiger partial charge < -0.3 is 0 Å². The van der Waals surface area contributed by atoms with Gasteiger partial charge in [0.05, 0.1) is 14.7 Å². The van der Waals surface area contributed by atoms with Crippen molar-refractivity contribution in [2.24, 2.45) is 0 Å². The van der Waals surface area contributed by atoms with E-state index in [1.807, 2.05) is 6.92 Å². The fraction of sp³-hybridized carbons (Fsp3) is 0.400. The lowest BCUT2D eigenvalue weighted by molar-refractivity contribution is -0.385. The van der Waals surface area contributed by atoms with Crippen LogP contribution >= 0.6 is 0 Å². The molecule has 0 radical (unpaired) electrons. The highest BCUT2D eigenvalue weighted by molar-refractivity contribution is 7.89. The molecule has 0 amide bonds. The number of sulfonamides is 2. The average molecular weight is 468 g/mol. The monoisotopic (exact) mass is 467 g/mol. The van der Waals surface area contributed by atoms with Crippen LogP contribution in [-0.2, 0) is 20.0 Å². The van der Waals surface area contributed by atoms with Crippen molar-refractivity contribution in [3.63, 3.8) is 0 Å². The number of hydrogen-bond donors (Lipinski definition) is 1. The van der Waals surface area contributed by atoms with E-state index in [-0.39, 0.29) is 28.1 Å². The van der Waals surface area contributed by atoms with Gasteiger partial charge in [-0.05, 0) is 44.4 Å². The lowest BCUT2D eigenvalue weighted by Crippen LogP contribution is -2.45. The van der Waals surface area contributed by atoms with Gasteiger partial charge in [-0.3, -0.25) is 10.1 Å². The predicted octanol–water partition coefficient (Wildman–Crippen LogP) is 2.82. The maximum absolute atomic E-state index is 13.1. The molecule has 0 aromatic heterocycles. The second-order valence-electron chi connectivity index (χ2n) is 7.52. The predicted molar refractivity (Wildman–Crippen MR) is 116 cm³/mol. The molecule has 0 saturated carbocycles. The molecule has 11 heteroatoms. The minimum atomic E-state index is -3.95. The van der Waals surface area contributed by atoms with Crippen molar-refractivity contribution in [1.82, 2.24) is 9.03 Å². The summed E-state index contributed by atoms with van der Waals surface area (Å²) < 4.78 is 55.2. The molecule has 0 spiro atoms. The summed E-state index contributed by atoms with van der Waals surface area (Å²) in [6.07, 6.45) is 2.56. The van der Waals surface area contributed by atoms with E-state index < -0.39 is 25.0 Å². The second-order valence-corrected chi connectivity index (χ2v) is 11.2. The minimum absolute atomic E-state index is 0.0234. The Kier molecular flexibility index (Phi) is 7.10. The van der Waals surface area contributed by atoms with Gasteiger partial charge in [0.15, 0.2) is 0 Å². The van der Waals surface area contributed by atoms with Crippen LogP contribution in [0.1, 0.15) is 31.2 Å². The number of nitro benzene ring substituents is 1. The average Bonchev–Trinajstić information content (AvgIpc) is 2.74. The first-order valence-corrected chi connectivity index (χ1v) is 12.9. The van der Waals surface area contributed by atoms with Gasteiger partial charge in [-0.15, -0.1) is 0 Å². The van der Waals surface area contributed by atoms with E-state index in [1.54, 1.807) is 24.3 Å². The quantitative estimate of drug-likeness (QED) is 0.470. The van der Waals surface area contributed by atoms with Crippen molar-refractivity contribution in [3.8, 4) is 0 Å². The van der Waals surface area contributed by atoms with Crippen LogP contribution in [-0.4, -0.2) is 45.2 Å². The molecule has 31 heavy (non-hydrogen) atoms. The lowest BCUT2D eigenvalue weighted by Gasteiger charge is -2.34. The van der Waals surface area contributed by atoms with Crippen LogP contribution in [0, 0.1) is 17.0 Å². The molecule has 0 bridgehead atoms. The van der Waals surface area contributed by atoms with Crippen molar-refractivity contribution in [2.45, 2.75) is 48.4 Å². The van der Waals surface area contributed by atoms with E-state index in [9.17, 15) is 26.9 Å². The van der Waals surface area contributed by atoms with Gasteiger partial charge >= 0.3 is 0 Å². The van der Waals surface area contributed by atoms with Crippen molar-refractivity contribution in [1.29, 1.82) is 0 Å². The van der Waals surface area contributed by atoms with E-state index in [1.165, 1.54) is 22.5 Å². The van der Waals surface area contributed by atoms with Gasteiger partial charge in [0, 0.05) is 31.3 Å². The second kappa shape index (κ2) is 9.43. The molecule has 168 valence electrons. The smallest absolute Gasteiger partial charge is 0.258 e. The maximum atomic E-state index is 13.1. The van der Waals surface area contributed by atoms with Crippen LogP contribution in [0.15, 0.2) is 58.3 Å². The van der Waals surface area contributed by atoms with Gasteiger partial charge in [-0.1, -0.05) is 30.2 Å². The Bertz CT molecular complexity index is 1150. The fourth-order valence-electron chi connectivity index (χ4n) is 3.63. The number of aryl methyl sites for hydroxylation is 1. The highest BCUT2D eigenvalue weighted by atomic mass is 32.2. The van der Waals surface area contributed by atoms with Gasteiger partial charge in [0.25, 0.3) is 5.69 Å². The Balaban J connectivity index is 1.70. The van der Waals surface area contributed by atoms with E-state index in [0.29, 0.717) is 19.4 Å². The topological polar surface area (TPSA) is 127 Å². The van der Waals surface area contributed by atoms with Crippen LogP contribution in [0.2, 0.25) is 0 Å². The van der Waals surface area contributed by atoms with E-state index >= 15 is 0 Å². The Morgan fingerprint density at radius 3 is 2.45 bits per heavy atom. The number of nitro groups is 1. The van der Waals surface area contributed by atoms with Gasteiger partial charge in [-0.25, -0.2) is 21.6 Å². The third-order valence-corrected chi connectivity index (χ3v) is 8.73. The van der Waals surface area contributed by atoms with E-state index in [4.69, 9.17) is 0 Å². The Hall–Kier alpha value is -2.34. The minimum Gasteiger partial charge on any atom is -0.258 e. The van der Waals surface area contributed by atoms with Crippen molar-refractivity contribution in [3.05, 3.63) is 64.2 Å². The SMILES string of the molecule is Cc1ccc(S(=O)(=O)N2CCCCC2CCNS(=O)(=O)c2cccc([N+](=O)[O-])c2)cc1. The molecule has 1 N–H and O–H groups in total. The summed E-state index contributed by atoms with van der Waals surface area (Å²) in [7, 11) is -7.63. The number of piperidine rings is 1. The fourth-order valence-corrected chi connectivity index (χ4v) is 6.44. The van der Waals surface area contributed by atoms with E-state index in [2.05, 4.69) is 4.72 Å². The first-order chi connectivity index (χ1) is 14.6. The summed E-state index contributed by atoms with van der Waals surface area (Å²) in [5.74, 6) is 0. The molecule has 1 heterocycles. The molecule has 1 atom stereocenters. The Labute approximate surface area is 182 Å². The summed E-state index contributed by atoms with van der Waals surface area (Å²) in [6.45, 7) is 2.29. The molecule has 1 unspecified atom stereocenters. The number of hydrogen-bond acceptors (Lipinski definition) is 6. The molecule has 1 aliphatic rings. The van der Waals surface area contributed by atoms with Crippen molar-refractivity contribution in [2.75, 3.05) is 13.1 Å². The lowest BCUT2D eigenvalue weighted by atomic mass is 10.0. The third-order valence-electron chi connectivity index (χ3n) is 5.31. The maximum Gasteiger partial charge on any atom is 0.270 e. The molecule has 3 rings (SSSR count). The summed E-state index contributed by atoms with van der Waals surface area (Å²) in [4.78, 5) is 10.3. The van der Waals surface area contributed by atoms with Gasteiger partial charge in [0.2, 0.25) is 20.0 Å². The standard InChI is InChI=1S/C20H25N3O6S2/c1-16-8-10-19(11-9-16)31(28,29)22-14-3-2-5-17(22)12-13-21-30(26,27)20-7-4-6-18(15-20)23(24)25/h4,6-11,15,17,21H,2-3,5,12-14H2,1H3. The normalized spacial score (nSPS) is 18.0. The molecule has 2 aromatic rings. The first kappa shape index (κ1) is 23.3. The van der Waals surface area contributed by atoms with Crippen molar-refractivity contribution >= 4 is 25.7 Å². The molecule has 9 nitrogen and oxygen atoms in total. The number of rotatable bonds is 8. The van der Waals surface area contributed by atoms with E-state index in [0.717, 1.165) is 24.5 Å². The number of nitrogens with zero attached hydrogens (tertiary/aromatic N) is 2. The van der Waals surface area contributed by atoms with Crippen molar-refractivity contribution < 1.29 is 21.8 Å². The van der Waals surface area contributed by atoms with Crippen LogP contribution in [0.5, 0.6) is 0 Å². The summed E-state index contributed by atoms with van der Waals surface area (Å²) >= 11 is 0. The number of non-ortho nitro benzene ring substituents is 1. The number of benzene rings is 2. The summed E-state index contributed by atoms with van der Waals surface area (Å²) in [5.41, 5.74) is 0.648. The zero-order valence-corrected chi connectivity index (χ0v) is 18.7. The first-order valence-electron chi connectivity index (χ1n) is 9.94. The molecule has 0 aliphatic carbocycles. The van der Waals surface area contributed by atoms with Gasteiger partial charge in [0.1, 0.15) is 0 Å². The van der Waals surface area contributed by atoms with Crippen LogP contribution in [0.25, 0.3) is 0 Å². The largest absolute Gasteiger partial charge is 0.270 e. The molecule has 1 saturated heterocycles. The zero-order valence-electron chi connectivity index (χ0n) is 17.1. The molecule has 1 fully saturated rings. The Morgan fingerprint density at radius 1 is 1.06 bits per heavy atom. The molecular weight excluding hydrogens is 442 g/mol. The summed E-state index contributed by atoms with van der Waals surface area (Å²) in [5, 5.41) is 10.9. The van der Waals surface area contributed by atoms with Crippen LogP contribution < -0.4 is 4.72 Å². The molecule has 2 aromatic carbocycles. The molecule has 1 aliphatic heterocycles. The number of nitrogens with one attached hydrogen (secondary N) is 1. The third kappa shape index (κ3) is 5.48. The molecular formula is C20H25N3O6S2. The van der Waals surface area contributed by atoms with Gasteiger partial charge in [-0.2, -0.15) is 4.31 Å². The zero-order chi connectivity index (χ0) is 22.6. The van der Waals surface area contributed by atoms with Crippen LogP contribution in [0.4, 0.5) is 5.69 Å². The highest BCUT2D eigenvalue weighted by Crippen LogP contribution is 2.27. The van der Waals surface area contributed by atoms with Crippen LogP contribution in [0.3, 0.4) is 0 Å².